The number of nitriles is 1. The fourth-order valence-electron chi connectivity index (χ4n) is 5.34. The lowest BCUT2D eigenvalue weighted by Gasteiger charge is -2.29. The van der Waals surface area contributed by atoms with Gasteiger partial charge in [0.2, 0.25) is 5.60 Å². The third-order valence-electron chi connectivity index (χ3n) is 7.43. The zero-order chi connectivity index (χ0) is 31.9. The van der Waals surface area contributed by atoms with Gasteiger partial charge in [-0.3, -0.25) is 9.32 Å². The van der Waals surface area contributed by atoms with Crippen molar-refractivity contribution in [1.29, 1.82) is 5.26 Å². The van der Waals surface area contributed by atoms with Crippen LogP contribution in [-0.4, -0.2) is 63.9 Å². The van der Waals surface area contributed by atoms with Crippen molar-refractivity contribution in [1.82, 2.24) is 19.7 Å². The molecule has 1 aromatic carbocycles. The van der Waals surface area contributed by atoms with Gasteiger partial charge in [0.15, 0.2) is 11.6 Å². The lowest BCUT2D eigenvalue weighted by Crippen LogP contribution is -2.40. The van der Waals surface area contributed by atoms with Crippen molar-refractivity contribution < 1.29 is 37.4 Å². The first-order valence-electron chi connectivity index (χ1n) is 14.3. The molecule has 5 rings (SSSR count). The summed E-state index contributed by atoms with van der Waals surface area (Å²) >= 11 is 0. The fraction of sp³-hybridized carbons (Fsp3) is 0.517. The van der Waals surface area contributed by atoms with Crippen LogP contribution >= 0.6 is 7.75 Å². The largest absolute Gasteiger partial charge is 0.465 e. The Balaban J connectivity index is 1.45. The highest BCUT2D eigenvalue weighted by molar-refractivity contribution is 7.52. The standard InChI is InChI=1S/C29H37N6O8P/c1-7-38-27(36)18(4)34-44(37,43-20-10-8-19(9-11-20)17(2)3)39-14-22-24-25(42-28(5,6)41-24)29(15-30,40-22)23-13-12-21-26(31)32-16-33-35(21)23/h8-13,16-18,22,24-25H,7,14H2,1-6H3,(H,34,37)(H2,31,32,33)/t18-,22+,24+,25+,29-,44?/m0/s1. The molecule has 44 heavy (non-hydrogen) atoms. The zero-order valence-electron chi connectivity index (χ0n) is 25.4. The van der Waals surface area contributed by atoms with Crippen LogP contribution in [0.3, 0.4) is 0 Å². The molecule has 6 atom stereocenters. The number of nitrogen functional groups attached to an aromatic ring is 1. The molecule has 0 aliphatic carbocycles. The number of rotatable bonds is 11. The summed E-state index contributed by atoms with van der Waals surface area (Å²) in [5.74, 6) is -0.947. The number of hydrogen-bond acceptors (Lipinski definition) is 12. The number of carbonyl (C=O) groups is 1. The molecule has 15 heteroatoms. The number of esters is 1. The van der Waals surface area contributed by atoms with Crippen LogP contribution in [0.2, 0.25) is 0 Å². The smallest absolute Gasteiger partial charge is 0.459 e. The van der Waals surface area contributed by atoms with Crippen molar-refractivity contribution in [2.45, 2.75) is 83.2 Å². The van der Waals surface area contributed by atoms with Crippen LogP contribution in [0.4, 0.5) is 5.82 Å². The number of nitrogens with one attached hydrogen (secondary N) is 1. The molecule has 2 saturated heterocycles. The van der Waals surface area contributed by atoms with Gasteiger partial charge in [-0.15, -0.1) is 0 Å². The lowest BCUT2D eigenvalue weighted by molar-refractivity contribution is -0.204. The average molecular weight is 629 g/mol. The van der Waals surface area contributed by atoms with E-state index in [0.29, 0.717) is 11.2 Å². The van der Waals surface area contributed by atoms with Gasteiger partial charge in [0.05, 0.1) is 18.9 Å². The van der Waals surface area contributed by atoms with Crippen molar-refractivity contribution >= 4 is 25.1 Å². The first-order valence-corrected chi connectivity index (χ1v) is 15.9. The number of carbonyl (C=O) groups excluding carboxylic acids is 1. The van der Waals surface area contributed by atoms with E-state index in [4.69, 9.17) is 33.7 Å². The number of fused-ring (bicyclic) bond motifs is 2. The summed E-state index contributed by atoms with van der Waals surface area (Å²) in [5.41, 5.74) is 6.22. The number of anilines is 1. The van der Waals surface area contributed by atoms with Crippen LogP contribution in [0.15, 0.2) is 42.7 Å². The molecule has 0 radical (unpaired) electrons. The summed E-state index contributed by atoms with van der Waals surface area (Å²) < 4.78 is 51.3. The number of nitrogens with two attached hydrogens (primary N) is 1. The minimum Gasteiger partial charge on any atom is -0.465 e. The van der Waals surface area contributed by atoms with E-state index in [9.17, 15) is 14.6 Å². The number of aromatic nitrogens is 3. The van der Waals surface area contributed by atoms with E-state index < -0.39 is 49.5 Å². The van der Waals surface area contributed by atoms with Crippen molar-refractivity contribution in [2.24, 2.45) is 0 Å². The molecule has 3 N–H and O–H groups in total. The molecule has 236 valence electrons. The molecule has 0 bridgehead atoms. The van der Waals surface area contributed by atoms with Gasteiger partial charge in [-0.25, -0.2) is 14.1 Å². The van der Waals surface area contributed by atoms with Crippen LogP contribution in [-0.2, 0) is 38.4 Å². The summed E-state index contributed by atoms with van der Waals surface area (Å²) in [6, 6.07) is 11.6. The van der Waals surface area contributed by atoms with E-state index >= 15 is 0 Å². The second-order valence-corrected chi connectivity index (χ2v) is 13.1. The van der Waals surface area contributed by atoms with E-state index in [-0.39, 0.29) is 30.7 Å². The Labute approximate surface area is 255 Å². The summed E-state index contributed by atoms with van der Waals surface area (Å²) in [6.45, 7) is 10.5. The Kier molecular flexibility index (Phi) is 8.74. The third kappa shape index (κ3) is 6.04. The van der Waals surface area contributed by atoms with Crippen molar-refractivity contribution in [3.05, 3.63) is 54.0 Å². The minimum atomic E-state index is -4.24. The second kappa shape index (κ2) is 12.1. The van der Waals surface area contributed by atoms with Crippen molar-refractivity contribution in [2.75, 3.05) is 18.9 Å². The molecular weight excluding hydrogens is 591 g/mol. The molecule has 0 saturated carbocycles. The zero-order valence-corrected chi connectivity index (χ0v) is 26.3. The molecule has 4 heterocycles. The number of ether oxygens (including phenoxy) is 4. The van der Waals surface area contributed by atoms with Crippen LogP contribution < -0.4 is 15.3 Å². The summed E-state index contributed by atoms with van der Waals surface area (Å²) in [7, 11) is -4.24. The monoisotopic (exact) mass is 628 g/mol. The van der Waals surface area contributed by atoms with Crippen molar-refractivity contribution in [3.8, 4) is 11.8 Å². The molecule has 1 unspecified atom stereocenters. The van der Waals surface area contributed by atoms with E-state index in [1.165, 1.54) is 17.8 Å². The van der Waals surface area contributed by atoms with Gasteiger partial charge in [-0.05, 0) is 63.4 Å². The topological polar surface area (TPSA) is 182 Å². The van der Waals surface area contributed by atoms with E-state index in [1.54, 1.807) is 45.0 Å². The highest BCUT2D eigenvalue weighted by Gasteiger charge is 2.65. The van der Waals surface area contributed by atoms with Gasteiger partial charge < -0.3 is 29.2 Å². The maximum Gasteiger partial charge on any atom is 0.459 e. The van der Waals surface area contributed by atoms with Crippen molar-refractivity contribution in [3.63, 3.8) is 0 Å². The van der Waals surface area contributed by atoms with Gasteiger partial charge >= 0.3 is 13.7 Å². The van der Waals surface area contributed by atoms with Crippen LogP contribution in [0, 0.1) is 11.3 Å². The van der Waals surface area contributed by atoms with Gasteiger partial charge in [-0.1, -0.05) is 26.0 Å². The summed E-state index contributed by atoms with van der Waals surface area (Å²) in [6.07, 6.45) is -1.40. The summed E-state index contributed by atoms with van der Waals surface area (Å²) in [4.78, 5) is 16.4. The van der Waals surface area contributed by atoms with Gasteiger partial charge in [0, 0.05) is 0 Å². The average Bonchev–Trinajstić information content (AvgIpc) is 3.63. The SMILES string of the molecule is CCOC(=O)[C@H](C)NP(=O)(OC[C@H]1O[C@@](C#N)(c2ccc3c(N)ncnn23)[C@@H]2OC(C)(C)O[C@@H]21)Oc1ccc(C(C)C)cc1. The van der Waals surface area contributed by atoms with Gasteiger partial charge in [0.25, 0.3) is 0 Å². The number of benzene rings is 1. The Bertz CT molecular complexity index is 1610. The van der Waals surface area contributed by atoms with E-state index in [2.05, 4.69) is 35.1 Å². The predicted molar refractivity (Wildman–Crippen MR) is 157 cm³/mol. The predicted octanol–water partition coefficient (Wildman–Crippen LogP) is 3.82. The minimum absolute atomic E-state index is 0.140. The maximum absolute atomic E-state index is 14.2. The highest BCUT2D eigenvalue weighted by atomic mass is 31.2. The first kappa shape index (κ1) is 31.8. The quantitative estimate of drug-likeness (QED) is 0.231. The first-order chi connectivity index (χ1) is 20.8. The van der Waals surface area contributed by atoms with E-state index in [0.717, 1.165) is 5.56 Å². The maximum atomic E-state index is 14.2. The highest BCUT2D eigenvalue weighted by Crippen LogP contribution is 2.51. The molecule has 0 amide bonds. The molecule has 0 spiro atoms. The number of nitrogens with zero attached hydrogens (tertiary/aromatic N) is 4. The Hall–Kier alpha value is -3.57. The number of hydrogen-bond donors (Lipinski definition) is 2. The Morgan fingerprint density at radius 3 is 2.57 bits per heavy atom. The fourth-order valence-corrected chi connectivity index (χ4v) is 6.84. The molecular formula is C29H37N6O8P. The third-order valence-corrected chi connectivity index (χ3v) is 9.08. The van der Waals surface area contributed by atoms with Crippen LogP contribution in [0.25, 0.3) is 5.52 Å². The van der Waals surface area contributed by atoms with Crippen LogP contribution in [0.5, 0.6) is 5.75 Å². The summed E-state index contributed by atoms with van der Waals surface area (Å²) in [5, 5.41) is 17.5. The Morgan fingerprint density at radius 2 is 1.91 bits per heavy atom. The lowest BCUT2D eigenvalue weighted by atomic mass is 9.92. The molecule has 3 aromatic rings. The molecule has 2 aromatic heterocycles. The molecule has 14 nitrogen and oxygen atoms in total. The normalized spacial score (nSPS) is 26.2. The Morgan fingerprint density at radius 1 is 1.18 bits per heavy atom. The van der Waals surface area contributed by atoms with Crippen LogP contribution in [0.1, 0.15) is 58.7 Å². The second-order valence-electron chi connectivity index (χ2n) is 11.4. The van der Waals surface area contributed by atoms with E-state index in [1.807, 2.05) is 12.1 Å². The molecule has 2 aliphatic heterocycles. The molecule has 2 aliphatic rings. The van der Waals surface area contributed by atoms with Gasteiger partial charge in [-0.2, -0.15) is 15.4 Å². The van der Waals surface area contributed by atoms with Gasteiger partial charge in [0.1, 0.15) is 48.0 Å². The molecule has 2 fully saturated rings.